The molecule has 0 amide bonds. The van der Waals surface area contributed by atoms with Crippen LogP contribution in [0.5, 0.6) is 0 Å². The van der Waals surface area contributed by atoms with E-state index in [0.717, 1.165) is 11.1 Å². The van der Waals surface area contributed by atoms with Crippen LogP contribution in [-0.4, -0.2) is 13.1 Å². The molecule has 0 heterocycles. The zero-order chi connectivity index (χ0) is 18.2. The van der Waals surface area contributed by atoms with Crippen LogP contribution in [-0.2, 0) is 4.74 Å². The second-order valence-electron chi connectivity index (χ2n) is 4.86. The maximum Gasteiger partial charge on any atom is 0.337 e. The van der Waals surface area contributed by atoms with Gasteiger partial charge in [0, 0.05) is 5.69 Å². The summed E-state index contributed by atoms with van der Waals surface area (Å²) in [5.74, 6) is -0.396. The van der Waals surface area contributed by atoms with Crippen LogP contribution in [0, 0.1) is 34.0 Å². The van der Waals surface area contributed by atoms with Gasteiger partial charge in [0.25, 0.3) is 0 Å². The van der Waals surface area contributed by atoms with Crippen molar-refractivity contribution in [3.05, 3.63) is 65.4 Å². The van der Waals surface area contributed by atoms with Crippen LogP contribution in [0.4, 0.5) is 5.69 Å². The van der Waals surface area contributed by atoms with E-state index in [1.165, 1.54) is 7.11 Å². The number of methoxy groups -OCH3 is 1. The molecule has 0 aromatic heterocycles. The number of rotatable bonds is 4. The smallest absolute Gasteiger partial charge is 0.337 e. The highest BCUT2D eigenvalue weighted by molar-refractivity contribution is 5.90. The molecule has 0 aliphatic rings. The molecule has 0 bridgehead atoms. The first-order valence-corrected chi connectivity index (χ1v) is 7.13. The van der Waals surface area contributed by atoms with Gasteiger partial charge in [-0.25, -0.2) is 4.79 Å². The minimum absolute atomic E-state index is 0.0971. The number of ether oxygens (including phenoxy) is 1. The van der Waals surface area contributed by atoms with Crippen molar-refractivity contribution in [3.63, 3.8) is 0 Å². The Balaban J connectivity index is 2.22. The monoisotopic (exact) mass is 328 g/mol. The van der Waals surface area contributed by atoms with Gasteiger partial charge in [-0.1, -0.05) is 24.3 Å². The molecule has 6 nitrogen and oxygen atoms in total. The second-order valence-corrected chi connectivity index (χ2v) is 4.86. The summed E-state index contributed by atoms with van der Waals surface area (Å²) in [6, 6.07) is 19.2. The van der Waals surface area contributed by atoms with Crippen molar-refractivity contribution in [1.29, 1.82) is 15.8 Å². The number of carbonyl (C=O) groups excluding carboxylic acids is 1. The lowest BCUT2D eigenvalue weighted by Crippen LogP contribution is -2.01. The van der Waals surface area contributed by atoms with E-state index < -0.39 is 5.97 Å². The summed E-state index contributed by atoms with van der Waals surface area (Å²) in [6.07, 6.45) is 0. The minimum atomic E-state index is -0.396. The molecule has 1 N–H and O–H groups in total. The first kappa shape index (κ1) is 17.3. The molecule has 2 rings (SSSR count). The van der Waals surface area contributed by atoms with Crippen LogP contribution >= 0.6 is 0 Å². The SMILES string of the molecule is COC(=O)c1ccc(-c2ccc(NC(C#N)=C(C#N)C#N)cc2)cc1. The number of nitrogens with one attached hydrogen (secondary N) is 1. The molecule has 0 atom stereocenters. The van der Waals surface area contributed by atoms with E-state index in [1.807, 2.05) is 12.1 Å². The van der Waals surface area contributed by atoms with Crippen molar-refractivity contribution in [1.82, 2.24) is 0 Å². The van der Waals surface area contributed by atoms with E-state index in [4.69, 9.17) is 15.8 Å². The van der Waals surface area contributed by atoms with E-state index in [-0.39, 0.29) is 11.3 Å². The van der Waals surface area contributed by atoms with Gasteiger partial charge >= 0.3 is 5.97 Å². The zero-order valence-corrected chi connectivity index (χ0v) is 13.3. The molecule has 0 aliphatic carbocycles. The van der Waals surface area contributed by atoms with E-state index in [0.29, 0.717) is 11.3 Å². The number of nitrogens with zero attached hydrogens (tertiary/aromatic N) is 3. The molecular formula is C19H12N4O2. The highest BCUT2D eigenvalue weighted by atomic mass is 16.5. The van der Waals surface area contributed by atoms with Gasteiger partial charge in [-0.05, 0) is 35.4 Å². The molecule has 25 heavy (non-hydrogen) atoms. The summed E-state index contributed by atoms with van der Waals surface area (Å²) in [5.41, 5.74) is 2.49. The molecule has 2 aromatic rings. The average molecular weight is 328 g/mol. The highest BCUT2D eigenvalue weighted by Gasteiger charge is 2.07. The molecule has 2 aromatic carbocycles. The van der Waals surface area contributed by atoms with Crippen LogP contribution in [0.25, 0.3) is 11.1 Å². The maximum absolute atomic E-state index is 11.4. The summed E-state index contributed by atoms with van der Waals surface area (Å²) in [4.78, 5) is 11.4. The quantitative estimate of drug-likeness (QED) is 0.680. The van der Waals surface area contributed by atoms with Gasteiger partial charge in [0.05, 0.1) is 12.7 Å². The Hall–Kier alpha value is -4.08. The van der Waals surface area contributed by atoms with E-state index in [2.05, 4.69) is 10.1 Å². The Morgan fingerprint density at radius 3 is 1.84 bits per heavy atom. The zero-order valence-electron chi connectivity index (χ0n) is 13.3. The van der Waals surface area contributed by atoms with Crippen LogP contribution in [0.15, 0.2) is 59.8 Å². The Bertz CT molecular complexity index is 921. The molecule has 6 heteroatoms. The van der Waals surface area contributed by atoms with Gasteiger partial charge < -0.3 is 10.1 Å². The first-order chi connectivity index (χ1) is 12.1. The Kier molecular flexibility index (Phi) is 5.50. The standard InChI is InChI=1S/C19H12N4O2/c1-25-19(24)15-4-2-13(3-5-15)14-6-8-17(9-7-14)23-18(12-22)16(10-20)11-21/h2-9,23H,1H3. The fourth-order valence-electron chi connectivity index (χ4n) is 2.09. The molecule has 0 aliphatic heterocycles. The Labute approximate surface area is 144 Å². The largest absolute Gasteiger partial charge is 0.465 e. The summed E-state index contributed by atoms with van der Waals surface area (Å²) in [7, 11) is 1.33. The molecule has 0 radical (unpaired) electrons. The Morgan fingerprint density at radius 2 is 1.40 bits per heavy atom. The van der Waals surface area contributed by atoms with Crippen molar-refractivity contribution in [3.8, 4) is 29.3 Å². The summed E-state index contributed by atoms with van der Waals surface area (Å²) in [6.45, 7) is 0. The van der Waals surface area contributed by atoms with Gasteiger partial charge in [0.2, 0.25) is 0 Å². The fourth-order valence-corrected chi connectivity index (χ4v) is 2.09. The van der Waals surface area contributed by atoms with E-state index in [9.17, 15) is 4.79 Å². The van der Waals surface area contributed by atoms with Crippen molar-refractivity contribution in [2.45, 2.75) is 0 Å². The normalized spacial score (nSPS) is 9.04. The lowest BCUT2D eigenvalue weighted by atomic mass is 10.0. The van der Waals surface area contributed by atoms with Gasteiger partial charge in [0.15, 0.2) is 5.57 Å². The lowest BCUT2D eigenvalue weighted by Gasteiger charge is -2.07. The van der Waals surface area contributed by atoms with Gasteiger partial charge in [-0.3, -0.25) is 0 Å². The molecule has 120 valence electrons. The third kappa shape index (κ3) is 4.01. The summed E-state index contributed by atoms with van der Waals surface area (Å²) < 4.78 is 4.66. The highest BCUT2D eigenvalue weighted by Crippen LogP contribution is 2.23. The number of hydrogen-bond donors (Lipinski definition) is 1. The topological polar surface area (TPSA) is 110 Å². The first-order valence-electron chi connectivity index (χ1n) is 7.13. The number of hydrogen-bond acceptors (Lipinski definition) is 6. The molecule has 0 saturated heterocycles. The second kappa shape index (κ2) is 7.97. The number of esters is 1. The maximum atomic E-state index is 11.4. The third-order valence-electron chi connectivity index (χ3n) is 3.38. The van der Waals surface area contributed by atoms with Gasteiger partial charge in [0.1, 0.15) is 23.9 Å². The fraction of sp³-hybridized carbons (Fsp3) is 0.0526. The van der Waals surface area contributed by atoms with Crippen LogP contribution in [0.2, 0.25) is 0 Å². The summed E-state index contributed by atoms with van der Waals surface area (Å²) >= 11 is 0. The van der Waals surface area contributed by atoms with Crippen LogP contribution < -0.4 is 5.32 Å². The third-order valence-corrected chi connectivity index (χ3v) is 3.38. The van der Waals surface area contributed by atoms with Crippen molar-refractivity contribution in [2.24, 2.45) is 0 Å². The van der Waals surface area contributed by atoms with Gasteiger partial charge in [-0.15, -0.1) is 0 Å². The van der Waals surface area contributed by atoms with Crippen molar-refractivity contribution >= 4 is 11.7 Å². The summed E-state index contributed by atoms with van der Waals surface area (Å²) in [5, 5.41) is 29.4. The minimum Gasteiger partial charge on any atom is -0.465 e. The number of anilines is 1. The van der Waals surface area contributed by atoms with Crippen molar-refractivity contribution < 1.29 is 9.53 Å². The number of benzene rings is 2. The molecule has 0 spiro atoms. The van der Waals surface area contributed by atoms with E-state index >= 15 is 0 Å². The van der Waals surface area contributed by atoms with Crippen LogP contribution in [0.1, 0.15) is 10.4 Å². The lowest BCUT2D eigenvalue weighted by molar-refractivity contribution is 0.0601. The molecule has 0 saturated carbocycles. The molecular weight excluding hydrogens is 316 g/mol. The predicted molar refractivity (Wildman–Crippen MR) is 90.7 cm³/mol. The molecule has 0 unspecified atom stereocenters. The number of allylic oxidation sites excluding steroid dienone is 2. The predicted octanol–water partition coefficient (Wildman–Crippen LogP) is 3.38. The average Bonchev–Trinajstić information content (AvgIpc) is 2.68. The Morgan fingerprint density at radius 1 is 0.880 bits per heavy atom. The number of carbonyl (C=O) groups is 1. The molecule has 0 fully saturated rings. The van der Waals surface area contributed by atoms with Crippen LogP contribution in [0.3, 0.4) is 0 Å². The van der Waals surface area contributed by atoms with E-state index in [1.54, 1.807) is 54.6 Å². The number of nitriles is 3. The van der Waals surface area contributed by atoms with Gasteiger partial charge in [-0.2, -0.15) is 15.8 Å². The van der Waals surface area contributed by atoms with Crippen molar-refractivity contribution in [2.75, 3.05) is 12.4 Å².